The Morgan fingerprint density at radius 1 is 1.08 bits per heavy atom. The fraction of sp³-hybridized carbons (Fsp3) is 0.286. The van der Waals surface area contributed by atoms with Gasteiger partial charge in [-0.3, -0.25) is 28.5 Å². The summed E-state index contributed by atoms with van der Waals surface area (Å²) >= 11 is 6.36. The molecule has 1 amide bonds. The van der Waals surface area contributed by atoms with Crippen molar-refractivity contribution in [3.63, 3.8) is 0 Å². The number of carbonyl (C=O) groups excluding carboxylic acids is 1. The highest BCUT2D eigenvalue weighted by Gasteiger charge is 2.24. The number of hydrogen-bond acceptors (Lipinski definition) is 6. The molecule has 0 aliphatic carbocycles. The van der Waals surface area contributed by atoms with Crippen LogP contribution in [-0.4, -0.2) is 40.0 Å². The van der Waals surface area contributed by atoms with Crippen molar-refractivity contribution in [1.82, 2.24) is 34.1 Å². The molecule has 5 heterocycles. The van der Waals surface area contributed by atoms with E-state index in [1.54, 1.807) is 35.3 Å². The third-order valence-electron chi connectivity index (χ3n) is 7.23. The zero-order chi connectivity index (χ0) is 29.8. The third kappa shape index (κ3) is 4.50. The molecule has 6 rings (SSSR count). The molecule has 0 fully saturated rings. The largest absolute Gasteiger partial charge is 0.323 e. The van der Waals surface area contributed by atoms with Gasteiger partial charge >= 0.3 is 0 Å². The molecule has 0 radical (unpaired) electrons. The number of rotatable bonds is 2. The van der Waals surface area contributed by atoms with Gasteiger partial charge in [0.2, 0.25) is 5.91 Å². The van der Waals surface area contributed by atoms with E-state index in [2.05, 4.69) is 25.5 Å². The maximum atomic E-state index is 13.7. The molecule has 2 bridgehead atoms. The summed E-state index contributed by atoms with van der Waals surface area (Å²) in [5.74, 6) is -0.597. The summed E-state index contributed by atoms with van der Waals surface area (Å²) in [4.78, 5) is 35.9. The summed E-state index contributed by atoms with van der Waals surface area (Å²) in [7, 11) is 1.81. The Morgan fingerprint density at radius 3 is 2.74 bits per heavy atom. The van der Waals surface area contributed by atoms with Crippen LogP contribution in [0.5, 0.6) is 0 Å². The SMILES string of the molecule is [2H]C([2H])([2H])n1ncc2c1-c1ccnc(c1)[C@@H](n1cnc(-c3cc(Cl)cc4cnn(C)c34)cc1=O)CCC[C@@H](C)C(=O)N2. The van der Waals surface area contributed by atoms with E-state index in [-0.39, 0.29) is 23.1 Å². The second-order valence-corrected chi connectivity index (χ2v) is 10.2. The van der Waals surface area contributed by atoms with Crippen LogP contribution in [-0.2, 0) is 18.8 Å². The molecule has 1 aliphatic rings. The molecule has 0 unspecified atom stereocenters. The number of hydrogen-bond donors (Lipinski definition) is 1. The van der Waals surface area contributed by atoms with Crippen molar-refractivity contribution in [3.8, 4) is 22.5 Å². The molecule has 4 aromatic heterocycles. The van der Waals surface area contributed by atoms with Crippen molar-refractivity contribution >= 4 is 34.1 Å². The Balaban J connectivity index is 1.48. The molecular formula is C28H27ClN8O2. The predicted octanol–water partition coefficient (Wildman–Crippen LogP) is 4.59. The average Bonchev–Trinajstić information content (AvgIpc) is 3.54. The van der Waals surface area contributed by atoms with E-state index in [9.17, 15) is 9.59 Å². The number of aromatic nitrogens is 7. The molecule has 10 nitrogen and oxygen atoms in total. The summed E-state index contributed by atoms with van der Waals surface area (Å²) in [5.41, 5.74) is 3.24. The number of aryl methyl sites for hydroxylation is 2. The summed E-state index contributed by atoms with van der Waals surface area (Å²) in [6, 6.07) is 7.92. The minimum atomic E-state index is -2.58. The molecule has 1 aromatic carbocycles. The number of amides is 1. The molecule has 2 atom stereocenters. The average molecular weight is 546 g/mol. The van der Waals surface area contributed by atoms with Crippen LogP contribution in [0.3, 0.4) is 0 Å². The Labute approximate surface area is 233 Å². The van der Waals surface area contributed by atoms with Crippen LogP contribution in [0.25, 0.3) is 33.4 Å². The monoisotopic (exact) mass is 545 g/mol. The highest BCUT2D eigenvalue weighted by atomic mass is 35.5. The lowest BCUT2D eigenvalue weighted by Crippen LogP contribution is -2.27. The van der Waals surface area contributed by atoms with Crippen LogP contribution in [0.4, 0.5) is 5.69 Å². The zero-order valence-corrected chi connectivity index (χ0v) is 22.1. The molecule has 39 heavy (non-hydrogen) atoms. The van der Waals surface area contributed by atoms with E-state index < -0.39 is 13.0 Å². The minimum Gasteiger partial charge on any atom is -0.323 e. The first-order valence-corrected chi connectivity index (χ1v) is 12.9. The third-order valence-corrected chi connectivity index (χ3v) is 7.45. The fourth-order valence-electron chi connectivity index (χ4n) is 5.20. The van der Waals surface area contributed by atoms with Gasteiger partial charge in [-0.05, 0) is 37.1 Å². The first kappa shape index (κ1) is 21.6. The second-order valence-electron chi connectivity index (χ2n) is 9.80. The van der Waals surface area contributed by atoms with E-state index in [0.29, 0.717) is 52.5 Å². The van der Waals surface area contributed by atoms with E-state index >= 15 is 0 Å². The Hall–Kier alpha value is -4.31. The molecular weight excluding hydrogens is 516 g/mol. The van der Waals surface area contributed by atoms with Gasteiger partial charge < -0.3 is 5.32 Å². The molecule has 1 aliphatic heterocycles. The summed E-state index contributed by atoms with van der Waals surface area (Å²) < 4.78 is 28.1. The Morgan fingerprint density at radius 2 is 1.92 bits per heavy atom. The van der Waals surface area contributed by atoms with Crippen LogP contribution >= 0.6 is 11.6 Å². The quantitative estimate of drug-likeness (QED) is 0.347. The van der Waals surface area contributed by atoms with Gasteiger partial charge in [0, 0.05) is 57.9 Å². The van der Waals surface area contributed by atoms with Crippen molar-refractivity contribution < 1.29 is 8.91 Å². The molecule has 198 valence electrons. The lowest BCUT2D eigenvalue weighted by atomic mass is 9.97. The predicted molar refractivity (Wildman–Crippen MR) is 149 cm³/mol. The van der Waals surface area contributed by atoms with E-state index in [1.807, 2.05) is 20.0 Å². The summed E-state index contributed by atoms with van der Waals surface area (Å²) in [5, 5.41) is 12.6. The van der Waals surface area contributed by atoms with Gasteiger partial charge in [-0.25, -0.2) is 4.98 Å². The number of benzene rings is 1. The number of fused-ring (bicyclic) bond motifs is 5. The lowest BCUT2D eigenvalue weighted by molar-refractivity contribution is -0.119. The fourth-order valence-corrected chi connectivity index (χ4v) is 5.43. The summed E-state index contributed by atoms with van der Waals surface area (Å²) in [6.07, 6.45) is 7.80. The number of carbonyl (C=O) groups is 1. The molecule has 5 aromatic rings. The Kier molecular flexibility index (Phi) is 5.41. The molecule has 1 N–H and O–H groups in total. The molecule has 0 spiro atoms. The molecule has 11 heteroatoms. The first-order chi connectivity index (χ1) is 20.0. The highest BCUT2D eigenvalue weighted by Crippen LogP contribution is 2.33. The highest BCUT2D eigenvalue weighted by molar-refractivity contribution is 6.31. The van der Waals surface area contributed by atoms with Gasteiger partial charge in [0.25, 0.3) is 5.56 Å². The van der Waals surface area contributed by atoms with Crippen LogP contribution < -0.4 is 10.9 Å². The van der Waals surface area contributed by atoms with E-state index in [0.717, 1.165) is 15.6 Å². The van der Waals surface area contributed by atoms with Crippen molar-refractivity contribution in [2.45, 2.75) is 32.2 Å². The van der Waals surface area contributed by atoms with Crippen molar-refractivity contribution in [2.24, 2.45) is 19.9 Å². The van der Waals surface area contributed by atoms with Crippen molar-refractivity contribution in [3.05, 3.63) is 76.3 Å². The van der Waals surface area contributed by atoms with Crippen LogP contribution in [0, 0.1) is 5.92 Å². The zero-order valence-electron chi connectivity index (χ0n) is 24.3. The number of anilines is 1. The second kappa shape index (κ2) is 9.77. The van der Waals surface area contributed by atoms with Gasteiger partial charge in [0.1, 0.15) is 0 Å². The minimum absolute atomic E-state index is 0.237. The number of pyridine rings is 1. The topological polar surface area (TPSA) is 113 Å². The Bertz CT molecular complexity index is 1890. The van der Waals surface area contributed by atoms with Crippen molar-refractivity contribution in [1.29, 1.82) is 0 Å². The number of nitrogens with zero attached hydrogens (tertiary/aromatic N) is 7. The number of halogens is 1. The first-order valence-electron chi connectivity index (χ1n) is 14.1. The molecule has 0 saturated carbocycles. The van der Waals surface area contributed by atoms with Gasteiger partial charge in [-0.1, -0.05) is 24.9 Å². The van der Waals surface area contributed by atoms with Crippen LogP contribution in [0.15, 0.2) is 60.0 Å². The van der Waals surface area contributed by atoms with Crippen molar-refractivity contribution in [2.75, 3.05) is 5.32 Å². The van der Waals surface area contributed by atoms with Gasteiger partial charge in [-0.2, -0.15) is 10.2 Å². The van der Waals surface area contributed by atoms with Crippen LogP contribution in [0.1, 0.15) is 42.0 Å². The van der Waals surface area contributed by atoms with Gasteiger partial charge in [0.15, 0.2) is 0 Å². The number of nitrogens with one attached hydrogen (secondary N) is 1. The van der Waals surface area contributed by atoms with Crippen LogP contribution in [0.2, 0.25) is 5.02 Å². The maximum absolute atomic E-state index is 13.7. The van der Waals surface area contributed by atoms with Gasteiger partial charge in [-0.15, -0.1) is 0 Å². The van der Waals surface area contributed by atoms with E-state index in [4.69, 9.17) is 15.7 Å². The summed E-state index contributed by atoms with van der Waals surface area (Å²) in [6.45, 7) is -0.770. The van der Waals surface area contributed by atoms with Gasteiger partial charge in [0.05, 0.1) is 53.0 Å². The maximum Gasteiger partial charge on any atom is 0.254 e. The lowest BCUT2D eigenvalue weighted by Gasteiger charge is -2.22. The normalized spacial score (nSPS) is 19.3. The van der Waals surface area contributed by atoms with E-state index in [1.165, 1.54) is 23.2 Å². The standard InChI is InChI=1S/C28H27ClN8O2/c1-16-5-4-6-24(22-10-17(7-8-30-22)27-23(34-28(16)39)14-33-36(27)3)37-15-31-21(12-25(37)38)20-11-19(29)9-18-13-32-35(2)26(18)20/h7-16,24H,4-6H2,1-3H3,(H,34,39)/t16-,24+/m1/s1/i3D3. The smallest absolute Gasteiger partial charge is 0.254 e. The molecule has 0 saturated heterocycles.